The number of aromatic nitrogens is 2. The number of carbonyl (C=O) groups is 2. The van der Waals surface area contributed by atoms with E-state index in [1.807, 2.05) is 13.8 Å². The molecule has 3 aromatic rings. The summed E-state index contributed by atoms with van der Waals surface area (Å²) in [6, 6.07) is 10.7. The molecule has 0 radical (unpaired) electrons. The third-order valence-electron chi connectivity index (χ3n) is 6.57. The van der Waals surface area contributed by atoms with Gasteiger partial charge in [0.05, 0.1) is 5.52 Å². The van der Waals surface area contributed by atoms with Crippen molar-refractivity contribution in [1.82, 2.24) is 14.9 Å². The number of benzene rings is 2. The van der Waals surface area contributed by atoms with Crippen LogP contribution < -0.4 is 4.72 Å². The average molecular weight is 623 g/mol. The quantitative estimate of drug-likeness (QED) is 0.169. The molecule has 1 aliphatic heterocycles. The molecule has 2 aromatic carbocycles. The lowest BCUT2D eigenvalue weighted by Crippen LogP contribution is -2.49. The van der Waals surface area contributed by atoms with E-state index in [2.05, 4.69) is 24.0 Å². The summed E-state index contributed by atoms with van der Waals surface area (Å²) in [5, 5.41) is 0. The van der Waals surface area contributed by atoms with Crippen molar-refractivity contribution in [3.8, 4) is 0 Å². The highest BCUT2D eigenvalue weighted by molar-refractivity contribution is 7.93. The normalized spacial score (nSPS) is 15.4. The van der Waals surface area contributed by atoms with Crippen molar-refractivity contribution in [2.75, 3.05) is 24.6 Å². The number of sulfonamides is 1. The highest BCUT2D eigenvalue weighted by Crippen LogP contribution is 2.36. The van der Waals surface area contributed by atoms with Gasteiger partial charge in [-0.15, -0.1) is 0 Å². The molecule has 3 N–H and O–H groups in total. The number of phosphoric acid groups is 1. The molecule has 4 rings (SSSR count). The second-order valence-electron chi connectivity index (χ2n) is 10.2. The van der Waals surface area contributed by atoms with Crippen molar-refractivity contribution in [2.45, 2.75) is 43.6 Å². The van der Waals surface area contributed by atoms with E-state index in [0.29, 0.717) is 30.3 Å². The maximum atomic E-state index is 13.2. The molecule has 0 saturated carbocycles. The van der Waals surface area contributed by atoms with Crippen LogP contribution in [0.2, 0.25) is 0 Å². The largest absolute Gasteiger partial charge is 0.510 e. The predicted octanol–water partition coefficient (Wildman–Crippen LogP) is 3.67. The number of hydrogen-bond donors (Lipinski definition) is 3. The van der Waals surface area contributed by atoms with E-state index >= 15 is 0 Å². The molecule has 2 heterocycles. The SMILES string of the molecule is CC(C)CC1(OC(=O)OCOP(=O)(O)O)CCN(C(=O)c2ccc(NS(=O)(=O)c3cccc4nccnc34)cc2)CC1. The lowest BCUT2D eigenvalue weighted by atomic mass is 9.83. The Morgan fingerprint density at radius 1 is 1.07 bits per heavy atom. The van der Waals surface area contributed by atoms with Gasteiger partial charge in [0, 0.05) is 49.6 Å². The van der Waals surface area contributed by atoms with Crippen molar-refractivity contribution in [3.63, 3.8) is 0 Å². The van der Waals surface area contributed by atoms with Gasteiger partial charge in [-0.1, -0.05) is 19.9 Å². The number of ether oxygens (including phenoxy) is 2. The first-order valence-corrected chi connectivity index (χ1v) is 16.0. The fourth-order valence-electron chi connectivity index (χ4n) is 4.82. The molecule has 226 valence electrons. The zero-order valence-electron chi connectivity index (χ0n) is 22.9. The highest BCUT2D eigenvalue weighted by atomic mass is 32.2. The zero-order chi connectivity index (χ0) is 30.5. The number of hydrogen-bond acceptors (Lipinski definition) is 10. The number of nitrogens with one attached hydrogen (secondary N) is 1. The van der Waals surface area contributed by atoms with Crippen LogP contribution in [0.4, 0.5) is 10.5 Å². The van der Waals surface area contributed by atoms with Gasteiger partial charge in [0.15, 0.2) is 0 Å². The summed E-state index contributed by atoms with van der Waals surface area (Å²) in [6.45, 7) is 3.49. The maximum Gasteiger partial charge on any atom is 0.510 e. The molecule has 1 amide bonds. The number of para-hydroxylation sites is 1. The van der Waals surface area contributed by atoms with E-state index in [1.165, 1.54) is 42.7 Å². The molecule has 1 saturated heterocycles. The van der Waals surface area contributed by atoms with Gasteiger partial charge in [-0.25, -0.2) is 22.3 Å². The van der Waals surface area contributed by atoms with Crippen LogP contribution in [0.5, 0.6) is 0 Å². The maximum absolute atomic E-state index is 13.2. The van der Waals surface area contributed by atoms with Crippen LogP contribution in [0, 0.1) is 5.92 Å². The monoisotopic (exact) mass is 622 g/mol. The smallest absolute Gasteiger partial charge is 0.427 e. The first-order chi connectivity index (χ1) is 19.8. The van der Waals surface area contributed by atoms with Crippen LogP contribution in [0.1, 0.15) is 43.5 Å². The second-order valence-corrected chi connectivity index (χ2v) is 13.1. The minimum Gasteiger partial charge on any atom is -0.427 e. The van der Waals surface area contributed by atoms with Crippen molar-refractivity contribution in [3.05, 3.63) is 60.4 Å². The summed E-state index contributed by atoms with van der Waals surface area (Å²) in [7, 11) is -8.79. The lowest BCUT2D eigenvalue weighted by molar-refractivity contribution is -0.0879. The van der Waals surface area contributed by atoms with Gasteiger partial charge in [0.2, 0.25) is 6.79 Å². The Morgan fingerprint density at radius 2 is 1.74 bits per heavy atom. The molecule has 0 aliphatic carbocycles. The Bertz CT molecular complexity index is 1580. The number of nitrogens with zero attached hydrogens (tertiary/aromatic N) is 3. The molecule has 0 unspecified atom stereocenters. The average Bonchev–Trinajstić information content (AvgIpc) is 2.92. The summed E-state index contributed by atoms with van der Waals surface area (Å²) in [6.07, 6.45) is 2.88. The van der Waals surface area contributed by atoms with E-state index in [-0.39, 0.29) is 41.0 Å². The summed E-state index contributed by atoms with van der Waals surface area (Å²) >= 11 is 0. The highest BCUT2D eigenvalue weighted by Gasteiger charge is 2.40. The van der Waals surface area contributed by atoms with Crippen LogP contribution in [-0.4, -0.2) is 70.6 Å². The van der Waals surface area contributed by atoms with Crippen LogP contribution in [0.25, 0.3) is 11.0 Å². The van der Waals surface area contributed by atoms with Crippen molar-refractivity contribution < 1.29 is 46.4 Å². The Hall–Kier alpha value is -3.62. The van der Waals surface area contributed by atoms with E-state index in [1.54, 1.807) is 17.0 Å². The van der Waals surface area contributed by atoms with E-state index in [4.69, 9.17) is 14.5 Å². The molecule has 1 fully saturated rings. The molecular weight excluding hydrogens is 591 g/mol. The van der Waals surface area contributed by atoms with Gasteiger partial charge in [0.1, 0.15) is 16.0 Å². The van der Waals surface area contributed by atoms with Gasteiger partial charge in [-0.3, -0.25) is 19.5 Å². The summed E-state index contributed by atoms with van der Waals surface area (Å²) in [4.78, 5) is 52.7. The Kier molecular flexibility index (Phi) is 9.48. The van der Waals surface area contributed by atoms with E-state index in [9.17, 15) is 22.6 Å². The summed E-state index contributed by atoms with van der Waals surface area (Å²) < 4.78 is 53.7. The molecular formula is C26H31N4O10PS. The molecule has 1 aromatic heterocycles. The molecule has 0 bridgehead atoms. The van der Waals surface area contributed by atoms with Crippen molar-refractivity contribution in [1.29, 1.82) is 0 Å². The molecule has 0 spiro atoms. The molecule has 16 heteroatoms. The third-order valence-corrected chi connectivity index (χ3v) is 8.43. The number of phosphoric ester groups is 1. The Labute approximate surface area is 242 Å². The zero-order valence-corrected chi connectivity index (χ0v) is 24.6. The van der Waals surface area contributed by atoms with Crippen LogP contribution in [-0.2, 0) is 28.6 Å². The summed E-state index contributed by atoms with van der Waals surface area (Å²) in [5.74, 6) is -0.131. The second kappa shape index (κ2) is 12.7. The van der Waals surface area contributed by atoms with Crippen LogP contribution in [0.15, 0.2) is 59.8 Å². The standard InChI is InChI=1S/C26H31N4O10PS/c1-18(2)16-26(40-25(32)38-17-39-41(33,34)35)10-14-30(15-11-26)24(31)19-6-8-20(9-7-19)29-42(36,37)22-5-3-4-21-23(22)28-13-12-27-21/h3-9,12-13,18,29H,10-11,14-17H2,1-2H3,(H2,33,34,35). The molecule has 0 atom stereocenters. The molecule has 42 heavy (non-hydrogen) atoms. The lowest BCUT2D eigenvalue weighted by Gasteiger charge is -2.41. The first-order valence-electron chi connectivity index (χ1n) is 12.9. The van der Waals surface area contributed by atoms with Crippen LogP contribution >= 0.6 is 7.82 Å². The number of rotatable bonds is 10. The number of likely N-dealkylation sites (tertiary alicyclic amines) is 1. The van der Waals surface area contributed by atoms with Gasteiger partial charge >= 0.3 is 14.0 Å². The Morgan fingerprint density at radius 3 is 2.38 bits per heavy atom. The topological polar surface area (TPSA) is 195 Å². The van der Waals surface area contributed by atoms with Gasteiger partial charge in [-0.2, -0.15) is 0 Å². The minimum absolute atomic E-state index is 0.0214. The third kappa shape index (κ3) is 8.01. The van der Waals surface area contributed by atoms with Crippen LogP contribution in [0.3, 0.4) is 0 Å². The van der Waals surface area contributed by atoms with Gasteiger partial charge in [-0.05, 0) is 48.7 Å². The number of amides is 1. The fourth-order valence-corrected chi connectivity index (χ4v) is 6.23. The summed E-state index contributed by atoms with van der Waals surface area (Å²) in [5.41, 5.74) is 0.358. The fraction of sp³-hybridized carbons (Fsp3) is 0.385. The van der Waals surface area contributed by atoms with Gasteiger partial charge in [0.25, 0.3) is 15.9 Å². The Balaban J connectivity index is 1.38. The minimum atomic E-state index is -4.81. The predicted molar refractivity (Wildman–Crippen MR) is 150 cm³/mol. The first kappa shape index (κ1) is 31.3. The van der Waals surface area contributed by atoms with Crippen molar-refractivity contribution in [2.24, 2.45) is 5.92 Å². The number of carbonyl (C=O) groups excluding carboxylic acids is 2. The number of piperidine rings is 1. The molecule has 14 nitrogen and oxygen atoms in total. The number of fused-ring (bicyclic) bond motifs is 1. The van der Waals surface area contributed by atoms with E-state index in [0.717, 1.165) is 0 Å². The van der Waals surface area contributed by atoms with E-state index < -0.39 is 36.4 Å². The van der Waals surface area contributed by atoms with Gasteiger partial charge < -0.3 is 24.2 Å². The van der Waals surface area contributed by atoms with Crippen molar-refractivity contribution >= 4 is 46.6 Å². The number of anilines is 1. The molecule has 1 aliphatic rings.